The van der Waals surface area contributed by atoms with Crippen molar-refractivity contribution in [3.63, 3.8) is 0 Å². The zero-order valence-corrected chi connectivity index (χ0v) is 50.9. The van der Waals surface area contributed by atoms with Gasteiger partial charge in [0.2, 0.25) is 0 Å². The molecule has 0 spiro atoms. The van der Waals surface area contributed by atoms with Gasteiger partial charge >= 0.3 is 530 Å². The third-order valence-electron chi connectivity index (χ3n) is 18.3. The van der Waals surface area contributed by atoms with Crippen LogP contribution in [0.3, 0.4) is 0 Å². The van der Waals surface area contributed by atoms with E-state index >= 15 is 0 Å². The van der Waals surface area contributed by atoms with Crippen molar-refractivity contribution in [1.29, 1.82) is 0 Å². The summed E-state index contributed by atoms with van der Waals surface area (Å²) >= 11 is -1.33. The summed E-state index contributed by atoms with van der Waals surface area (Å²) in [5, 5.41) is 0. The second-order valence-electron chi connectivity index (χ2n) is 23.6. The summed E-state index contributed by atoms with van der Waals surface area (Å²) < 4.78 is 8.83. The number of aryl methyl sites for hydroxylation is 4. The SMILES string of the molecule is c1ccc(-c2cc3c4c(c2)-c2ccc(cc2)CCc2ccc(cc2)-c2cc(-c5ccccc5)cc(c2N2[C]5=[Pt]=[C]6N(c7cccc(c7)N(c7ccco7)c7cccc(c7)N5c5ccccc52)c2ccccc2N64)-c2ccc(cc2)CCc2ccc-3cc2)cc1. The third-order valence-corrected chi connectivity index (χ3v) is 21.4. The van der Waals surface area contributed by atoms with Crippen LogP contribution in [0.4, 0.5) is 62.8 Å². The summed E-state index contributed by atoms with van der Waals surface area (Å²) in [4.78, 5) is 12.8. The first-order valence-corrected chi connectivity index (χ1v) is 33.0. The average molecular weight is 1320 g/mol. The maximum atomic E-state index is 6.45. The van der Waals surface area contributed by atoms with Crippen LogP contribution in [0, 0.1) is 0 Å². The second kappa shape index (κ2) is 21.1. The van der Waals surface area contributed by atoms with Crippen LogP contribution in [0.15, 0.2) is 302 Å². The molecule has 0 saturated heterocycles. The molecule has 9 aliphatic rings. The Balaban J connectivity index is 1.06. The summed E-state index contributed by atoms with van der Waals surface area (Å²) in [5.74, 6) is 0.728. The standard InChI is InChI=1S/C82H57N5O.Pt/c1-3-14-60(15-4-1)66-48-72-62-39-31-56(32-40-62)27-29-58-35-43-64(44-36-58)74-50-67(61-16-5-2-6-17-61)51-75-65-45-37-59(38-46-65)30-28-57-33-41-63(42-34-57)73(49-66)81(72)85-54-83(76-22-7-9-24-78(76)85)68-18-11-20-70(52-68)87(80-26-13-47-88-80)71-21-12-19-69(53-71)84-55-86(82(74)75)79-25-10-8-23-77(79)84;/h1-26,31-53H,27-30H2;. The van der Waals surface area contributed by atoms with Gasteiger partial charge in [-0.15, -0.1) is 0 Å². The molecule has 0 atom stereocenters. The number of furan rings is 1. The molecule has 0 saturated carbocycles. The van der Waals surface area contributed by atoms with Gasteiger partial charge in [-0.05, 0) is 0 Å². The average Bonchev–Trinajstić information content (AvgIpc) is 2.01. The first-order valence-electron chi connectivity index (χ1n) is 30.7. The predicted molar refractivity (Wildman–Crippen MR) is 365 cm³/mol. The Morgan fingerprint density at radius 1 is 0.247 bits per heavy atom. The number of fused-ring (bicyclic) bond motifs is 14. The molecule has 1 aromatic heterocycles. The Labute approximate surface area is 526 Å². The molecule has 12 aromatic carbocycles. The Bertz CT molecular complexity index is 4560. The van der Waals surface area contributed by atoms with E-state index in [1.54, 1.807) is 6.26 Å². The maximum absolute atomic E-state index is 6.45. The second-order valence-corrected chi connectivity index (χ2v) is 26.2. The summed E-state index contributed by atoms with van der Waals surface area (Å²) in [7, 11) is 0. The molecule has 89 heavy (non-hydrogen) atoms. The van der Waals surface area contributed by atoms with Crippen molar-refractivity contribution in [2.24, 2.45) is 0 Å². The summed E-state index contributed by atoms with van der Waals surface area (Å²) in [6.07, 6.45) is 5.43. The van der Waals surface area contributed by atoms with Gasteiger partial charge in [0.1, 0.15) is 0 Å². The molecular formula is C82H57N5OPt. The van der Waals surface area contributed by atoms with E-state index in [-0.39, 0.29) is 0 Å². The molecule has 16 bridgehead atoms. The molecule has 0 amide bonds. The number of rotatable bonds is 3. The van der Waals surface area contributed by atoms with Gasteiger partial charge in [-0.1, -0.05) is 0 Å². The fraction of sp³-hybridized carbons (Fsp3) is 0.0488. The predicted octanol–water partition coefficient (Wildman–Crippen LogP) is 20.8. The van der Waals surface area contributed by atoms with Gasteiger partial charge in [0.25, 0.3) is 0 Å². The van der Waals surface area contributed by atoms with Crippen LogP contribution < -0.4 is 24.5 Å². The van der Waals surface area contributed by atoms with Crippen molar-refractivity contribution >= 4 is 71.0 Å². The normalized spacial score (nSPS) is 14.2. The molecule has 22 rings (SSSR count). The molecule has 0 aliphatic carbocycles. The first kappa shape index (κ1) is 51.6. The van der Waals surface area contributed by atoms with E-state index in [9.17, 15) is 0 Å². The molecule has 0 fully saturated rings. The minimum atomic E-state index is -1.33. The Kier molecular flexibility index (Phi) is 12.2. The van der Waals surface area contributed by atoms with Crippen molar-refractivity contribution in [3.8, 4) is 66.8 Å². The molecule has 13 aromatic rings. The van der Waals surface area contributed by atoms with Gasteiger partial charge < -0.3 is 0 Å². The molecule has 10 heterocycles. The van der Waals surface area contributed by atoms with Crippen LogP contribution in [0.25, 0.3) is 66.8 Å². The van der Waals surface area contributed by atoms with E-state index in [1.807, 2.05) is 6.07 Å². The van der Waals surface area contributed by atoms with Crippen molar-refractivity contribution in [3.05, 3.63) is 320 Å². The number of hydrogen-bond donors (Lipinski definition) is 0. The minimum absolute atomic E-state index is 0.728. The van der Waals surface area contributed by atoms with Crippen LogP contribution in [0.1, 0.15) is 22.3 Å². The number of para-hydroxylation sites is 4. The molecule has 9 aliphatic heterocycles. The molecule has 0 unspecified atom stereocenters. The van der Waals surface area contributed by atoms with Crippen molar-refractivity contribution < 1.29 is 22.1 Å². The fourth-order valence-electron chi connectivity index (χ4n) is 13.9. The van der Waals surface area contributed by atoms with Gasteiger partial charge in [0, 0.05) is 0 Å². The zero-order chi connectivity index (χ0) is 58.5. The Hall–Kier alpha value is -10.7. The first-order chi connectivity index (χ1) is 44.1. The van der Waals surface area contributed by atoms with E-state index in [4.69, 9.17) is 4.42 Å². The number of anilines is 11. The Morgan fingerprint density at radius 2 is 0.573 bits per heavy atom. The fourth-order valence-corrected chi connectivity index (χ4v) is 17.6. The van der Waals surface area contributed by atoms with Crippen molar-refractivity contribution in [2.45, 2.75) is 25.7 Å². The molecule has 6 nitrogen and oxygen atoms in total. The summed E-state index contributed by atoms with van der Waals surface area (Å²) in [6.45, 7) is 0. The molecule has 426 valence electrons. The monoisotopic (exact) mass is 1320 g/mol. The van der Waals surface area contributed by atoms with Gasteiger partial charge in [-0.3, -0.25) is 0 Å². The summed E-state index contributed by atoms with van der Waals surface area (Å²) in [6, 6.07) is 110. The van der Waals surface area contributed by atoms with E-state index in [2.05, 4.69) is 310 Å². The number of nitrogens with zero attached hydrogens (tertiary/aromatic N) is 5. The van der Waals surface area contributed by atoms with Gasteiger partial charge in [-0.25, -0.2) is 0 Å². The van der Waals surface area contributed by atoms with Crippen LogP contribution in [-0.4, -0.2) is 8.29 Å². The number of benzene rings is 12. The molecule has 7 heteroatoms. The number of hydrogen-bond acceptors (Lipinski definition) is 6. The van der Waals surface area contributed by atoms with E-state index in [1.165, 1.54) is 52.8 Å². The van der Waals surface area contributed by atoms with Gasteiger partial charge in [0.15, 0.2) is 0 Å². The molecular weight excluding hydrogens is 1270 g/mol. The quantitative estimate of drug-likeness (QED) is 0.175. The Morgan fingerprint density at radius 3 is 0.910 bits per heavy atom. The van der Waals surface area contributed by atoms with E-state index in [0.29, 0.717) is 0 Å². The third kappa shape index (κ3) is 8.72. The topological polar surface area (TPSA) is 29.3 Å². The summed E-state index contributed by atoms with van der Waals surface area (Å²) in [5.41, 5.74) is 30.1. The van der Waals surface area contributed by atoms with Crippen LogP contribution in [0.2, 0.25) is 0 Å². The van der Waals surface area contributed by atoms with E-state index in [0.717, 1.165) is 133 Å². The van der Waals surface area contributed by atoms with Crippen LogP contribution in [-0.2, 0) is 43.3 Å². The van der Waals surface area contributed by atoms with Crippen molar-refractivity contribution in [1.82, 2.24) is 0 Å². The van der Waals surface area contributed by atoms with E-state index < -0.39 is 17.6 Å². The van der Waals surface area contributed by atoms with Crippen LogP contribution >= 0.6 is 0 Å². The zero-order valence-electron chi connectivity index (χ0n) is 48.6. The van der Waals surface area contributed by atoms with Gasteiger partial charge in [0.05, 0.1) is 0 Å². The molecule has 0 N–H and O–H groups in total. The molecule has 0 radical (unpaired) electrons. The van der Waals surface area contributed by atoms with Crippen LogP contribution in [0.5, 0.6) is 0 Å². The van der Waals surface area contributed by atoms with Crippen molar-refractivity contribution in [2.75, 3.05) is 24.5 Å². The van der Waals surface area contributed by atoms with Gasteiger partial charge in [-0.2, -0.15) is 0 Å².